The number of rotatable bonds is 5. The molecule has 10 heteroatoms. The second-order valence-corrected chi connectivity index (χ2v) is 7.89. The summed E-state index contributed by atoms with van der Waals surface area (Å²) < 4.78 is 0.824. The van der Waals surface area contributed by atoms with E-state index in [0.717, 1.165) is 22.3 Å². The average molecular weight is 445 g/mol. The predicted molar refractivity (Wildman–Crippen MR) is 116 cm³/mol. The number of pyridine rings is 1. The zero-order valence-electron chi connectivity index (χ0n) is 15.1. The van der Waals surface area contributed by atoms with Crippen LogP contribution >= 0.6 is 34.5 Å². The Morgan fingerprint density at radius 1 is 1.17 bits per heavy atom. The number of aryl methyl sites for hydroxylation is 1. The second kappa shape index (κ2) is 7.90. The summed E-state index contributed by atoms with van der Waals surface area (Å²) in [6.45, 7) is 2.03. The van der Waals surface area contributed by atoms with E-state index in [9.17, 15) is 4.79 Å². The molecule has 0 saturated carbocycles. The third kappa shape index (κ3) is 3.87. The van der Waals surface area contributed by atoms with Crippen molar-refractivity contribution in [3.8, 4) is 10.6 Å². The van der Waals surface area contributed by atoms with Crippen molar-refractivity contribution < 1.29 is 4.79 Å². The van der Waals surface area contributed by atoms with Gasteiger partial charge < -0.3 is 11.1 Å². The average Bonchev–Trinajstić information content (AvgIpc) is 3.12. The van der Waals surface area contributed by atoms with Crippen LogP contribution in [-0.2, 0) is 6.42 Å². The van der Waals surface area contributed by atoms with Gasteiger partial charge in [0.15, 0.2) is 5.82 Å². The highest BCUT2D eigenvalue weighted by Crippen LogP contribution is 2.41. The lowest BCUT2D eigenvalue weighted by molar-refractivity contribution is 0.100. The number of halogens is 2. The van der Waals surface area contributed by atoms with Crippen molar-refractivity contribution >= 4 is 62.3 Å². The third-order valence-electron chi connectivity index (χ3n) is 4.18. The molecule has 0 atom stereocenters. The van der Waals surface area contributed by atoms with Gasteiger partial charge >= 0.3 is 0 Å². The molecule has 0 fully saturated rings. The number of benzene rings is 1. The molecule has 3 heterocycles. The lowest BCUT2D eigenvalue weighted by Crippen LogP contribution is -2.10. The van der Waals surface area contributed by atoms with Crippen LogP contribution in [0.2, 0.25) is 10.0 Å². The number of fused-ring (bicyclic) bond motifs is 1. The Morgan fingerprint density at radius 3 is 2.62 bits per heavy atom. The standard InChI is InChI=1S/C19H14Cl2N6OS/c1-2-10-7-14(25-8-24-10)27-18-16-13(3-4-23-18)26-19(29-16)15-11(20)5-9(17(22)28)6-12(15)21/h3-8H,2H2,1H3,(H2,22,28)(H,23,24,25,27). The summed E-state index contributed by atoms with van der Waals surface area (Å²) in [5.41, 5.74) is 7.76. The highest BCUT2D eigenvalue weighted by molar-refractivity contribution is 7.22. The summed E-state index contributed by atoms with van der Waals surface area (Å²) >= 11 is 14.1. The van der Waals surface area contributed by atoms with Crippen LogP contribution in [0.25, 0.3) is 20.8 Å². The van der Waals surface area contributed by atoms with Crippen LogP contribution in [0, 0.1) is 0 Å². The summed E-state index contributed by atoms with van der Waals surface area (Å²) in [4.78, 5) is 28.9. The minimum absolute atomic E-state index is 0.240. The molecule has 146 valence electrons. The molecule has 0 radical (unpaired) electrons. The van der Waals surface area contributed by atoms with Crippen LogP contribution in [0.5, 0.6) is 0 Å². The van der Waals surface area contributed by atoms with E-state index >= 15 is 0 Å². The number of hydrogen-bond donors (Lipinski definition) is 2. The first-order chi connectivity index (χ1) is 14.0. The molecule has 4 aromatic rings. The van der Waals surface area contributed by atoms with Gasteiger partial charge in [0.25, 0.3) is 0 Å². The Kier molecular flexibility index (Phi) is 5.31. The number of nitrogens with two attached hydrogens (primary N) is 1. The smallest absolute Gasteiger partial charge is 0.248 e. The van der Waals surface area contributed by atoms with Gasteiger partial charge in [0.1, 0.15) is 17.2 Å². The molecule has 0 aliphatic rings. The quantitative estimate of drug-likeness (QED) is 0.454. The van der Waals surface area contributed by atoms with E-state index in [2.05, 4.69) is 25.3 Å². The van der Waals surface area contributed by atoms with Crippen LogP contribution < -0.4 is 11.1 Å². The molecule has 3 N–H and O–H groups in total. The maximum atomic E-state index is 11.4. The van der Waals surface area contributed by atoms with Crippen molar-refractivity contribution in [2.45, 2.75) is 13.3 Å². The third-order valence-corrected chi connectivity index (χ3v) is 5.87. The van der Waals surface area contributed by atoms with Crippen molar-refractivity contribution in [2.24, 2.45) is 5.73 Å². The molecule has 0 aliphatic heterocycles. The summed E-state index contributed by atoms with van der Waals surface area (Å²) in [5.74, 6) is 0.665. The Balaban J connectivity index is 1.78. The first kappa shape index (κ1) is 19.5. The molecule has 4 rings (SSSR count). The minimum atomic E-state index is -0.600. The molecule has 0 bridgehead atoms. The summed E-state index contributed by atoms with van der Waals surface area (Å²) in [5, 5.41) is 4.44. The highest BCUT2D eigenvalue weighted by Gasteiger charge is 2.18. The van der Waals surface area contributed by atoms with E-state index in [4.69, 9.17) is 28.9 Å². The first-order valence-electron chi connectivity index (χ1n) is 8.59. The van der Waals surface area contributed by atoms with Crippen LogP contribution in [-0.4, -0.2) is 25.8 Å². The molecule has 29 heavy (non-hydrogen) atoms. The van der Waals surface area contributed by atoms with Crippen LogP contribution in [0.3, 0.4) is 0 Å². The zero-order chi connectivity index (χ0) is 20.5. The highest BCUT2D eigenvalue weighted by atomic mass is 35.5. The molecule has 3 aromatic heterocycles. The fourth-order valence-corrected chi connectivity index (χ4v) is 4.61. The number of amides is 1. The van der Waals surface area contributed by atoms with Gasteiger partial charge in [0.05, 0.1) is 20.3 Å². The number of nitrogens with zero attached hydrogens (tertiary/aromatic N) is 4. The maximum absolute atomic E-state index is 11.4. The topological polar surface area (TPSA) is 107 Å². The van der Waals surface area contributed by atoms with Gasteiger partial charge in [0, 0.05) is 29.1 Å². The Labute approximate surface area is 179 Å². The molecule has 7 nitrogen and oxygen atoms in total. The normalized spacial score (nSPS) is 11.0. The number of hydrogen-bond acceptors (Lipinski definition) is 7. The lowest BCUT2D eigenvalue weighted by atomic mass is 10.1. The SMILES string of the molecule is CCc1cc(Nc2nccc3nc(-c4c(Cl)cc(C(N)=O)cc4Cl)sc23)ncn1. The van der Waals surface area contributed by atoms with Gasteiger partial charge in [-0.25, -0.2) is 19.9 Å². The van der Waals surface area contributed by atoms with Crippen LogP contribution in [0.15, 0.2) is 36.8 Å². The van der Waals surface area contributed by atoms with E-state index in [1.165, 1.54) is 29.8 Å². The monoisotopic (exact) mass is 444 g/mol. The van der Waals surface area contributed by atoms with Crippen LogP contribution in [0.4, 0.5) is 11.6 Å². The summed E-state index contributed by atoms with van der Waals surface area (Å²) in [6.07, 6.45) is 3.98. The number of nitrogens with one attached hydrogen (secondary N) is 1. The van der Waals surface area contributed by atoms with Crippen molar-refractivity contribution in [3.63, 3.8) is 0 Å². The van der Waals surface area contributed by atoms with Crippen molar-refractivity contribution in [1.82, 2.24) is 19.9 Å². The number of carbonyl (C=O) groups is 1. The second-order valence-electron chi connectivity index (χ2n) is 6.08. The molecule has 1 amide bonds. The molecule has 0 saturated heterocycles. The van der Waals surface area contributed by atoms with Crippen molar-refractivity contribution in [1.29, 1.82) is 0 Å². The van der Waals surface area contributed by atoms with E-state index in [-0.39, 0.29) is 5.56 Å². The number of carbonyl (C=O) groups excluding carboxylic acids is 1. The number of thiazole rings is 1. The van der Waals surface area contributed by atoms with Gasteiger partial charge in [-0.05, 0) is 24.6 Å². The maximum Gasteiger partial charge on any atom is 0.248 e. The van der Waals surface area contributed by atoms with Crippen molar-refractivity contribution in [2.75, 3.05) is 5.32 Å². The Morgan fingerprint density at radius 2 is 1.93 bits per heavy atom. The number of anilines is 2. The number of primary amides is 1. The Hall–Kier alpha value is -2.81. The van der Waals surface area contributed by atoms with Gasteiger partial charge in [-0.1, -0.05) is 30.1 Å². The van der Waals surface area contributed by atoms with Gasteiger partial charge in [-0.2, -0.15) is 0 Å². The van der Waals surface area contributed by atoms with Crippen LogP contribution in [0.1, 0.15) is 23.0 Å². The first-order valence-corrected chi connectivity index (χ1v) is 10.2. The molecular formula is C19H14Cl2N6OS. The zero-order valence-corrected chi connectivity index (χ0v) is 17.4. The van der Waals surface area contributed by atoms with Crippen molar-refractivity contribution in [3.05, 3.63) is 58.1 Å². The summed E-state index contributed by atoms with van der Waals surface area (Å²) in [7, 11) is 0. The van der Waals surface area contributed by atoms with E-state index < -0.39 is 5.91 Å². The number of aromatic nitrogens is 4. The van der Waals surface area contributed by atoms with E-state index in [1.54, 1.807) is 12.3 Å². The fraction of sp³-hybridized carbons (Fsp3) is 0.105. The Bertz CT molecular complexity index is 1220. The molecular weight excluding hydrogens is 431 g/mol. The molecule has 0 spiro atoms. The van der Waals surface area contributed by atoms with E-state index in [1.807, 2.05) is 13.0 Å². The van der Waals surface area contributed by atoms with Gasteiger partial charge in [-0.3, -0.25) is 4.79 Å². The molecule has 0 unspecified atom stereocenters. The molecule has 1 aromatic carbocycles. The minimum Gasteiger partial charge on any atom is -0.366 e. The fourth-order valence-electron chi connectivity index (χ4n) is 2.75. The van der Waals surface area contributed by atoms with E-state index in [0.29, 0.717) is 32.3 Å². The molecule has 0 aliphatic carbocycles. The summed E-state index contributed by atoms with van der Waals surface area (Å²) in [6, 6.07) is 6.65. The van der Waals surface area contributed by atoms with Gasteiger partial charge in [-0.15, -0.1) is 11.3 Å². The largest absolute Gasteiger partial charge is 0.366 e. The predicted octanol–water partition coefficient (Wildman–Crippen LogP) is 4.86. The van der Waals surface area contributed by atoms with Gasteiger partial charge in [0.2, 0.25) is 5.91 Å². The lowest BCUT2D eigenvalue weighted by Gasteiger charge is -2.06.